The quantitative estimate of drug-likeness (QED) is 0.940. The molecule has 2 unspecified atom stereocenters. The lowest BCUT2D eigenvalue weighted by atomic mass is 9.94. The average molecular weight is 287 g/mol. The first kappa shape index (κ1) is 14.1. The van der Waals surface area contributed by atoms with Crippen molar-refractivity contribution in [3.63, 3.8) is 0 Å². The van der Waals surface area contributed by atoms with Gasteiger partial charge in [0.1, 0.15) is 5.75 Å². The minimum Gasteiger partial charge on any atom is -0.496 e. The van der Waals surface area contributed by atoms with Crippen LogP contribution in [-0.4, -0.2) is 23.8 Å². The van der Waals surface area contributed by atoms with Crippen LogP contribution in [0.2, 0.25) is 0 Å². The van der Waals surface area contributed by atoms with E-state index in [1.807, 2.05) is 25.1 Å². The van der Waals surface area contributed by atoms with Crippen LogP contribution in [0.1, 0.15) is 37.3 Å². The van der Waals surface area contributed by atoms with Crippen molar-refractivity contribution in [2.24, 2.45) is 5.92 Å². The molecular formula is C16H21N3O2. The molecule has 1 aliphatic rings. The SMILES string of the molecule is COc1cc(C)ccc1-c1noc(C2CC(C)CCN2)n1. The molecule has 3 rings (SSSR count). The molecule has 1 fully saturated rings. The van der Waals surface area contributed by atoms with Gasteiger partial charge < -0.3 is 14.6 Å². The van der Waals surface area contributed by atoms with Crippen molar-refractivity contribution in [3.8, 4) is 17.1 Å². The molecule has 2 heterocycles. The Balaban J connectivity index is 1.88. The fourth-order valence-corrected chi connectivity index (χ4v) is 2.76. The van der Waals surface area contributed by atoms with E-state index in [9.17, 15) is 0 Å². The van der Waals surface area contributed by atoms with Crippen molar-refractivity contribution in [3.05, 3.63) is 29.7 Å². The Labute approximate surface area is 124 Å². The number of aryl methyl sites for hydroxylation is 1. The number of ether oxygens (including phenoxy) is 1. The monoisotopic (exact) mass is 287 g/mol. The fraction of sp³-hybridized carbons (Fsp3) is 0.500. The molecule has 2 atom stereocenters. The molecule has 21 heavy (non-hydrogen) atoms. The fourth-order valence-electron chi connectivity index (χ4n) is 2.76. The minimum absolute atomic E-state index is 0.159. The van der Waals surface area contributed by atoms with Crippen molar-refractivity contribution in [1.29, 1.82) is 0 Å². The molecule has 0 aliphatic carbocycles. The summed E-state index contributed by atoms with van der Waals surface area (Å²) >= 11 is 0. The van der Waals surface area contributed by atoms with Crippen LogP contribution in [0.25, 0.3) is 11.4 Å². The lowest BCUT2D eigenvalue weighted by Gasteiger charge is -2.25. The maximum Gasteiger partial charge on any atom is 0.244 e. The maximum atomic E-state index is 5.46. The van der Waals surface area contributed by atoms with Gasteiger partial charge in [-0.2, -0.15) is 4.98 Å². The second-order valence-corrected chi connectivity index (χ2v) is 5.80. The number of benzene rings is 1. The summed E-state index contributed by atoms with van der Waals surface area (Å²) in [4.78, 5) is 4.56. The molecule has 5 nitrogen and oxygen atoms in total. The van der Waals surface area contributed by atoms with E-state index < -0.39 is 0 Å². The van der Waals surface area contributed by atoms with Gasteiger partial charge in [-0.15, -0.1) is 0 Å². The zero-order valence-corrected chi connectivity index (χ0v) is 12.7. The van der Waals surface area contributed by atoms with Gasteiger partial charge in [0.15, 0.2) is 0 Å². The molecule has 2 aromatic rings. The van der Waals surface area contributed by atoms with Gasteiger partial charge in [-0.3, -0.25) is 0 Å². The number of methoxy groups -OCH3 is 1. The third-order valence-electron chi connectivity index (χ3n) is 4.00. The Hall–Kier alpha value is -1.88. The molecule has 1 aromatic heterocycles. The molecule has 112 valence electrons. The molecule has 1 aromatic carbocycles. The summed E-state index contributed by atoms with van der Waals surface area (Å²) < 4.78 is 10.9. The van der Waals surface area contributed by atoms with Crippen LogP contribution < -0.4 is 10.1 Å². The third kappa shape index (κ3) is 2.93. The highest BCUT2D eigenvalue weighted by atomic mass is 16.5. The summed E-state index contributed by atoms with van der Waals surface area (Å²) in [6.07, 6.45) is 2.23. The number of aromatic nitrogens is 2. The molecule has 5 heteroatoms. The molecule has 1 aliphatic heterocycles. The van der Waals surface area contributed by atoms with Crippen LogP contribution in [0, 0.1) is 12.8 Å². The van der Waals surface area contributed by atoms with Crippen molar-refractivity contribution in [2.45, 2.75) is 32.7 Å². The van der Waals surface area contributed by atoms with Crippen molar-refractivity contribution in [2.75, 3.05) is 13.7 Å². The first-order valence-corrected chi connectivity index (χ1v) is 7.39. The third-order valence-corrected chi connectivity index (χ3v) is 4.00. The van der Waals surface area contributed by atoms with Crippen molar-refractivity contribution < 1.29 is 9.26 Å². The molecule has 0 radical (unpaired) electrons. The zero-order valence-electron chi connectivity index (χ0n) is 12.7. The van der Waals surface area contributed by atoms with Crippen LogP contribution in [0.15, 0.2) is 22.7 Å². The van der Waals surface area contributed by atoms with Gasteiger partial charge in [-0.1, -0.05) is 18.1 Å². The predicted molar refractivity (Wildman–Crippen MR) is 80.2 cm³/mol. The number of rotatable bonds is 3. The van der Waals surface area contributed by atoms with E-state index in [1.165, 1.54) is 6.42 Å². The van der Waals surface area contributed by atoms with Gasteiger partial charge in [0.05, 0.1) is 18.7 Å². The van der Waals surface area contributed by atoms with Gasteiger partial charge in [-0.05, 0) is 49.9 Å². The summed E-state index contributed by atoms with van der Waals surface area (Å²) in [7, 11) is 1.66. The van der Waals surface area contributed by atoms with Crippen LogP contribution in [0.4, 0.5) is 0 Å². The Morgan fingerprint density at radius 2 is 2.24 bits per heavy atom. The Morgan fingerprint density at radius 3 is 3.00 bits per heavy atom. The van der Waals surface area contributed by atoms with E-state index >= 15 is 0 Å². The maximum absolute atomic E-state index is 5.46. The molecule has 0 saturated carbocycles. The Bertz CT molecular complexity index is 624. The molecular weight excluding hydrogens is 266 g/mol. The van der Waals surface area contributed by atoms with Crippen LogP contribution in [-0.2, 0) is 0 Å². The Morgan fingerprint density at radius 1 is 1.38 bits per heavy atom. The van der Waals surface area contributed by atoms with Crippen LogP contribution >= 0.6 is 0 Å². The second-order valence-electron chi connectivity index (χ2n) is 5.80. The zero-order chi connectivity index (χ0) is 14.8. The summed E-state index contributed by atoms with van der Waals surface area (Å²) in [6, 6.07) is 6.13. The summed E-state index contributed by atoms with van der Waals surface area (Å²) in [5, 5.41) is 7.56. The van der Waals surface area contributed by atoms with Crippen LogP contribution in [0.3, 0.4) is 0 Å². The van der Waals surface area contributed by atoms with Gasteiger partial charge in [0.25, 0.3) is 0 Å². The number of hydrogen-bond acceptors (Lipinski definition) is 5. The van der Waals surface area contributed by atoms with E-state index in [0.717, 1.165) is 29.8 Å². The largest absolute Gasteiger partial charge is 0.496 e. The van der Waals surface area contributed by atoms with Crippen molar-refractivity contribution >= 4 is 0 Å². The summed E-state index contributed by atoms with van der Waals surface area (Å²) in [6.45, 7) is 5.28. The minimum atomic E-state index is 0.159. The van der Waals surface area contributed by atoms with E-state index in [4.69, 9.17) is 9.26 Å². The molecule has 0 amide bonds. The van der Waals surface area contributed by atoms with Gasteiger partial charge in [0.2, 0.25) is 11.7 Å². The number of nitrogens with one attached hydrogen (secondary N) is 1. The predicted octanol–water partition coefficient (Wildman–Crippen LogP) is 3.11. The van der Waals surface area contributed by atoms with Crippen molar-refractivity contribution in [1.82, 2.24) is 15.5 Å². The van der Waals surface area contributed by atoms with Gasteiger partial charge in [0, 0.05) is 0 Å². The smallest absolute Gasteiger partial charge is 0.244 e. The van der Waals surface area contributed by atoms with E-state index in [2.05, 4.69) is 22.4 Å². The number of hydrogen-bond donors (Lipinski definition) is 1. The summed E-state index contributed by atoms with van der Waals surface area (Å²) in [5.74, 6) is 2.70. The first-order chi connectivity index (χ1) is 10.2. The average Bonchev–Trinajstić information content (AvgIpc) is 2.96. The van der Waals surface area contributed by atoms with Crippen LogP contribution in [0.5, 0.6) is 5.75 Å². The molecule has 1 N–H and O–H groups in total. The van der Waals surface area contributed by atoms with E-state index in [-0.39, 0.29) is 6.04 Å². The Kier molecular flexibility index (Phi) is 3.92. The first-order valence-electron chi connectivity index (χ1n) is 7.39. The molecule has 0 bridgehead atoms. The number of piperidine rings is 1. The molecule has 0 spiro atoms. The highest BCUT2D eigenvalue weighted by Gasteiger charge is 2.25. The topological polar surface area (TPSA) is 60.2 Å². The van der Waals surface area contributed by atoms with E-state index in [0.29, 0.717) is 17.6 Å². The second kappa shape index (κ2) is 5.85. The lowest BCUT2D eigenvalue weighted by Crippen LogP contribution is -2.30. The van der Waals surface area contributed by atoms with E-state index in [1.54, 1.807) is 7.11 Å². The normalized spacial score (nSPS) is 22.2. The summed E-state index contributed by atoms with van der Waals surface area (Å²) in [5.41, 5.74) is 2.00. The highest BCUT2D eigenvalue weighted by Crippen LogP contribution is 2.31. The highest BCUT2D eigenvalue weighted by molar-refractivity contribution is 5.64. The molecule has 1 saturated heterocycles. The lowest BCUT2D eigenvalue weighted by molar-refractivity contribution is 0.260. The van der Waals surface area contributed by atoms with Gasteiger partial charge in [-0.25, -0.2) is 0 Å². The standard InChI is InChI=1S/C16H21N3O2/c1-10-4-5-12(14(9-10)20-3)15-18-16(21-19-15)13-8-11(2)6-7-17-13/h4-5,9,11,13,17H,6-8H2,1-3H3. The van der Waals surface area contributed by atoms with Gasteiger partial charge >= 0.3 is 0 Å². The number of nitrogens with zero attached hydrogens (tertiary/aromatic N) is 2.